The number of ether oxygens (including phenoxy) is 1. The number of hydrogen-bond acceptors (Lipinski definition) is 3. The molecule has 1 amide bonds. The molecule has 1 aromatic carbocycles. The van der Waals surface area contributed by atoms with Crippen molar-refractivity contribution in [2.75, 3.05) is 26.3 Å². The summed E-state index contributed by atoms with van der Waals surface area (Å²) in [5.41, 5.74) is 0.777. The maximum absolute atomic E-state index is 12.5. The SMILES string of the molecule is O=C(NCc1ccccc1)[C@]12CNC[C@H]1CCOC2. The molecule has 3 rings (SSSR count). The van der Waals surface area contributed by atoms with Gasteiger partial charge in [0.1, 0.15) is 0 Å². The Morgan fingerprint density at radius 3 is 3.11 bits per heavy atom. The van der Waals surface area contributed by atoms with E-state index in [2.05, 4.69) is 10.6 Å². The zero-order valence-corrected chi connectivity index (χ0v) is 11.0. The van der Waals surface area contributed by atoms with E-state index in [1.807, 2.05) is 30.3 Å². The van der Waals surface area contributed by atoms with E-state index in [4.69, 9.17) is 4.74 Å². The summed E-state index contributed by atoms with van der Waals surface area (Å²) in [6.45, 7) is 3.58. The van der Waals surface area contributed by atoms with E-state index in [1.165, 1.54) is 0 Å². The first-order valence-electron chi connectivity index (χ1n) is 6.92. The van der Waals surface area contributed by atoms with E-state index in [1.54, 1.807) is 0 Å². The first-order valence-corrected chi connectivity index (χ1v) is 6.92. The van der Waals surface area contributed by atoms with E-state index in [0.717, 1.165) is 31.7 Å². The van der Waals surface area contributed by atoms with Crippen molar-refractivity contribution in [2.45, 2.75) is 13.0 Å². The van der Waals surface area contributed by atoms with Crippen LogP contribution in [0.4, 0.5) is 0 Å². The summed E-state index contributed by atoms with van der Waals surface area (Å²) in [6, 6.07) is 10.0. The van der Waals surface area contributed by atoms with Gasteiger partial charge in [0.2, 0.25) is 5.91 Å². The van der Waals surface area contributed by atoms with Crippen LogP contribution in [0.2, 0.25) is 0 Å². The molecule has 0 aliphatic carbocycles. The summed E-state index contributed by atoms with van der Waals surface area (Å²) < 4.78 is 5.56. The predicted molar refractivity (Wildman–Crippen MR) is 72.5 cm³/mol. The van der Waals surface area contributed by atoms with Crippen LogP contribution in [0.3, 0.4) is 0 Å². The number of hydrogen-bond donors (Lipinski definition) is 2. The van der Waals surface area contributed by atoms with Crippen molar-refractivity contribution < 1.29 is 9.53 Å². The summed E-state index contributed by atoms with van der Waals surface area (Å²) in [6.07, 6.45) is 0.978. The Balaban J connectivity index is 1.66. The lowest BCUT2D eigenvalue weighted by Crippen LogP contribution is -2.51. The minimum atomic E-state index is -0.354. The number of benzene rings is 1. The lowest BCUT2D eigenvalue weighted by molar-refractivity contribution is -0.141. The Morgan fingerprint density at radius 1 is 1.42 bits per heavy atom. The number of fused-ring (bicyclic) bond motifs is 1. The van der Waals surface area contributed by atoms with Gasteiger partial charge in [-0.25, -0.2) is 0 Å². The highest BCUT2D eigenvalue weighted by Gasteiger charge is 2.50. The van der Waals surface area contributed by atoms with E-state index in [9.17, 15) is 4.79 Å². The third-order valence-corrected chi connectivity index (χ3v) is 4.33. The molecule has 1 aromatic rings. The van der Waals surface area contributed by atoms with Gasteiger partial charge < -0.3 is 15.4 Å². The highest BCUT2D eigenvalue weighted by molar-refractivity contribution is 5.84. The quantitative estimate of drug-likeness (QED) is 0.850. The maximum Gasteiger partial charge on any atom is 0.230 e. The third-order valence-electron chi connectivity index (χ3n) is 4.33. The molecule has 4 nitrogen and oxygen atoms in total. The number of nitrogens with one attached hydrogen (secondary N) is 2. The molecule has 0 unspecified atom stereocenters. The Labute approximate surface area is 113 Å². The molecule has 2 saturated heterocycles. The largest absolute Gasteiger partial charge is 0.380 e. The predicted octanol–water partition coefficient (Wildman–Crippen LogP) is 0.929. The van der Waals surface area contributed by atoms with E-state index >= 15 is 0 Å². The molecule has 4 heteroatoms. The maximum atomic E-state index is 12.5. The summed E-state index contributed by atoms with van der Waals surface area (Å²) >= 11 is 0. The summed E-state index contributed by atoms with van der Waals surface area (Å²) in [5, 5.41) is 6.42. The zero-order valence-electron chi connectivity index (χ0n) is 11.0. The van der Waals surface area contributed by atoms with Crippen LogP contribution >= 0.6 is 0 Å². The smallest absolute Gasteiger partial charge is 0.230 e. The second-order valence-corrected chi connectivity index (χ2v) is 5.49. The average Bonchev–Trinajstić information content (AvgIpc) is 2.91. The van der Waals surface area contributed by atoms with Gasteiger partial charge in [0.05, 0.1) is 12.0 Å². The molecule has 2 N–H and O–H groups in total. The van der Waals surface area contributed by atoms with Crippen molar-refractivity contribution in [3.05, 3.63) is 35.9 Å². The molecule has 0 aromatic heterocycles. The van der Waals surface area contributed by atoms with Crippen molar-refractivity contribution in [1.82, 2.24) is 10.6 Å². The summed E-state index contributed by atoms with van der Waals surface area (Å²) in [5.74, 6) is 0.545. The molecule has 0 radical (unpaired) electrons. The van der Waals surface area contributed by atoms with Crippen LogP contribution in [0.15, 0.2) is 30.3 Å². The molecule has 19 heavy (non-hydrogen) atoms. The minimum absolute atomic E-state index is 0.131. The third kappa shape index (κ3) is 2.38. The lowest BCUT2D eigenvalue weighted by atomic mass is 9.75. The molecule has 0 saturated carbocycles. The van der Waals surface area contributed by atoms with Gasteiger partial charge in [-0.15, -0.1) is 0 Å². The van der Waals surface area contributed by atoms with Gasteiger partial charge in [-0.2, -0.15) is 0 Å². The number of rotatable bonds is 3. The van der Waals surface area contributed by atoms with Crippen molar-refractivity contribution in [3.8, 4) is 0 Å². The highest BCUT2D eigenvalue weighted by atomic mass is 16.5. The molecule has 2 atom stereocenters. The minimum Gasteiger partial charge on any atom is -0.380 e. The summed E-state index contributed by atoms with van der Waals surface area (Å²) in [7, 11) is 0. The molecular weight excluding hydrogens is 240 g/mol. The van der Waals surface area contributed by atoms with Gasteiger partial charge in [0, 0.05) is 19.7 Å². The van der Waals surface area contributed by atoms with Crippen LogP contribution in [-0.4, -0.2) is 32.2 Å². The van der Waals surface area contributed by atoms with Gasteiger partial charge in [0.25, 0.3) is 0 Å². The van der Waals surface area contributed by atoms with Crippen molar-refractivity contribution in [1.29, 1.82) is 0 Å². The van der Waals surface area contributed by atoms with Gasteiger partial charge in [0.15, 0.2) is 0 Å². The number of amides is 1. The second kappa shape index (κ2) is 5.31. The lowest BCUT2D eigenvalue weighted by Gasteiger charge is -2.36. The first-order chi connectivity index (χ1) is 9.31. The fourth-order valence-corrected chi connectivity index (χ4v) is 3.12. The number of carbonyl (C=O) groups is 1. The highest BCUT2D eigenvalue weighted by Crippen LogP contribution is 2.37. The molecular formula is C15H20N2O2. The van der Waals surface area contributed by atoms with Crippen molar-refractivity contribution >= 4 is 5.91 Å². The fraction of sp³-hybridized carbons (Fsp3) is 0.533. The standard InChI is InChI=1S/C15H20N2O2/c18-14(17-8-12-4-2-1-3-5-12)15-10-16-9-13(15)6-7-19-11-15/h1-5,13,16H,6-11H2,(H,17,18)/t13-,15+/m1/s1. The summed E-state index contributed by atoms with van der Waals surface area (Å²) in [4.78, 5) is 12.5. The second-order valence-electron chi connectivity index (χ2n) is 5.49. The molecule has 0 spiro atoms. The van der Waals surface area contributed by atoms with Gasteiger partial charge in [-0.3, -0.25) is 4.79 Å². The molecule has 2 fully saturated rings. The molecule has 0 bridgehead atoms. The van der Waals surface area contributed by atoms with Crippen LogP contribution in [0, 0.1) is 11.3 Å². The Morgan fingerprint density at radius 2 is 2.26 bits per heavy atom. The van der Waals surface area contributed by atoms with Crippen LogP contribution in [-0.2, 0) is 16.1 Å². The van der Waals surface area contributed by atoms with Crippen LogP contribution < -0.4 is 10.6 Å². The monoisotopic (exact) mass is 260 g/mol. The van der Waals surface area contributed by atoms with Crippen LogP contribution in [0.1, 0.15) is 12.0 Å². The van der Waals surface area contributed by atoms with Crippen LogP contribution in [0.25, 0.3) is 0 Å². The van der Waals surface area contributed by atoms with Crippen molar-refractivity contribution in [3.63, 3.8) is 0 Å². The van der Waals surface area contributed by atoms with Gasteiger partial charge in [-0.05, 0) is 24.4 Å². The molecule has 2 heterocycles. The van der Waals surface area contributed by atoms with Crippen LogP contribution in [0.5, 0.6) is 0 Å². The zero-order chi connectivity index (χ0) is 13.1. The molecule has 2 aliphatic heterocycles. The topological polar surface area (TPSA) is 50.4 Å². The van der Waals surface area contributed by atoms with E-state index in [-0.39, 0.29) is 11.3 Å². The van der Waals surface area contributed by atoms with E-state index < -0.39 is 0 Å². The molecule has 2 aliphatic rings. The van der Waals surface area contributed by atoms with E-state index in [0.29, 0.717) is 19.1 Å². The molecule has 102 valence electrons. The average molecular weight is 260 g/mol. The van der Waals surface area contributed by atoms with Gasteiger partial charge >= 0.3 is 0 Å². The Kier molecular flexibility index (Phi) is 3.53. The number of carbonyl (C=O) groups excluding carboxylic acids is 1. The fourth-order valence-electron chi connectivity index (χ4n) is 3.12. The normalized spacial score (nSPS) is 29.8. The Hall–Kier alpha value is -1.39. The van der Waals surface area contributed by atoms with Gasteiger partial charge in [-0.1, -0.05) is 30.3 Å². The Bertz CT molecular complexity index is 449. The first kappa shape index (κ1) is 12.6. The van der Waals surface area contributed by atoms with Crippen molar-refractivity contribution in [2.24, 2.45) is 11.3 Å².